The molecule has 0 N–H and O–H groups in total. The van der Waals surface area contributed by atoms with Gasteiger partial charge >= 0.3 is 0 Å². The number of ether oxygens (including phenoxy) is 1. The summed E-state index contributed by atoms with van der Waals surface area (Å²) in [6, 6.07) is 90.0. The van der Waals surface area contributed by atoms with Gasteiger partial charge in [0.25, 0.3) is 0 Å². The number of para-hydroxylation sites is 6. The highest BCUT2D eigenvalue weighted by Gasteiger charge is 2.29. The van der Waals surface area contributed by atoms with Crippen LogP contribution in [0.2, 0.25) is 0 Å². The molecule has 358 valence electrons. The Kier molecular flexibility index (Phi) is 11.3. The van der Waals surface area contributed by atoms with Crippen molar-refractivity contribution in [2.75, 3.05) is 9.80 Å². The molecule has 0 aliphatic carbocycles. The van der Waals surface area contributed by atoms with Crippen molar-refractivity contribution in [1.82, 2.24) is 24.9 Å². The van der Waals surface area contributed by atoms with E-state index in [0.29, 0.717) is 23.3 Å². The van der Waals surface area contributed by atoms with E-state index in [0.717, 1.165) is 102 Å². The molecule has 76 heavy (non-hydrogen) atoms. The second-order valence-corrected chi connectivity index (χ2v) is 19.6. The molecule has 0 saturated heterocycles. The average Bonchev–Trinajstić information content (AvgIpc) is 3.56. The molecule has 10 aromatic carbocycles. The third-order valence-corrected chi connectivity index (χ3v) is 14.8. The van der Waals surface area contributed by atoms with Crippen LogP contribution in [0.3, 0.4) is 0 Å². The number of hydrogen-bond acceptors (Lipinski definition) is 9. The average molecular weight is 994 g/mol. The van der Waals surface area contributed by atoms with Crippen molar-refractivity contribution in [2.45, 2.75) is 9.79 Å². The minimum Gasteiger partial charge on any atom is -0.453 e. The van der Waals surface area contributed by atoms with Gasteiger partial charge in [-0.05, 0) is 102 Å². The molecule has 0 amide bonds. The Bertz CT molecular complexity index is 3670. The molecule has 2 aliphatic rings. The summed E-state index contributed by atoms with van der Waals surface area (Å²) in [6.45, 7) is 0. The molecule has 14 rings (SSSR count). The lowest BCUT2D eigenvalue weighted by Crippen LogP contribution is -2.16. The fourth-order valence-electron chi connectivity index (χ4n) is 10.1. The van der Waals surface area contributed by atoms with Crippen LogP contribution in [0, 0.1) is 0 Å². The number of fused-ring (bicyclic) bond motifs is 4. The van der Waals surface area contributed by atoms with Gasteiger partial charge in [0.2, 0.25) is 0 Å². The fraction of sp³-hybridized carbons (Fsp3) is 0. The van der Waals surface area contributed by atoms with Gasteiger partial charge in [0.1, 0.15) is 0 Å². The maximum absolute atomic E-state index is 6.58. The smallest absolute Gasteiger partial charge is 0.164 e. The molecule has 0 atom stereocenters. The lowest BCUT2D eigenvalue weighted by Gasteiger charge is -2.34. The molecule has 4 heterocycles. The van der Waals surface area contributed by atoms with Gasteiger partial charge in [-0.25, -0.2) is 24.9 Å². The molecule has 0 fully saturated rings. The molecular formula is C67H43N7OS. The van der Waals surface area contributed by atoms with Crippen molar-refractivity contribution in [3.8, 4) is 90.7 Å². The Morgan fingerprint density at radius 1 is 0.263 bits per heavy atom. The monoisotopic (exact) mass is 993 g/mol. The molecule has 0 saturated carbocycles. The summed E-state index contributed by atoms with van der Waals surface area (Å²) < 4.78 is 6.58. The van der Waals surface area contributed by atoms with Crippen molar-refractivity contribution >= 4 is 45.9 Å². The Hall–Kier alpha value is -9.96. The van der Waals surface area contributed by atoms with Gasteiger partial charge in [-0.3, -0.25) is 0 Å². The second-order valence-electron chi connectivity index (χ2n) is 18.5. The van der Waals surface area contributed by atoms with Crippen molar-refractivity contribution in [3.05, 3.63) is 261 Å². The summed E-state index contributed by atoms with van der Waals surface area (Å²) in [4.78, 5) is 33.3. The lowest BCUT2D eigenvalue weighted by atomic mass is 9.96. The van der Waals surface area contributed by atoms with Gasteiger partial charge in [-0.1, -0.05) is 182 Å². The zero-order valence-corrected chi connectivity index (χ0v) is 41.6. The normalized spacial score (nSPS) is 12.2. The highest BCUT2D eigenvalue weighted by Crippen LogP contribution is 2.54. The van der Waals surface area contributed by atoms with Crippen LogP contribution in [-0.4, -0.2) is 24.9 Å². The van der Waals surface area contributed by atoms with Gasteiger partial charge in [-0.15, -0.1) is 0 Å². The fourth-order valence-corrected chi connectivity index (χ4v) is 11.1. The molecule has 2 aliphatic heterocycles. The van der Waals surface area contributed by atoms with Gasteiger partial charge in [0.15, 0.2) is 34.8 Å². The van der Waals surface area contributed by atoms with Crippen LogP contribution >= 0.6 is 11.8 Å². The van der Waals surface area contributed by atoms with E-state index in [1.165, 1.54) is 9.79 Å². The van der Waals surface area contributed by atoms with E-state index in [-0.39, 0.29) is 0 Å². The van der Waals surface area contributed by atoms with Crippen LogP contribution in [0.1, 0.15) is 0 Å². The van der Waals surface area contributed by atoms with Crippen LogP contribution < -0.4 is 14.5 Å². The summed E-state index contributed by atoms with van der Waals surface area (Å²) in [5, 5.41) is 0. The number of nitrogens with zero attached hydrogens (tertiary/aromatic N) is 7. The first kappa shape index (κ1) is 44.7. The van der Waals surface area contributed by atoms with E-state index in [9.17, 15) is 0 Å². The molecule has 0 spiro atoms. The molecular weight excluding hydrogens is 951 g/mol. The van der Waals surface area contributed by atoms with Crippen LogP contribution in [0.25, 0.3) is 79.2 Å². The molecule has 12 aromatic rings. The van der Waals surface area contributed by atoms with Crippen LogP contribution in [0.4, 0.5) is 34.1 Å². The number of hydrogen-bond donors (Lipinski definition) is 0. The second kappa shape index (κ2) is 19.1. The quantitative estimate of drug-likeness (QED) is 0.140. The highest BCUT2D eigenvalue weighted by molar-refractivity contribution is 7.99. The minimum absolute atomic E-state index is 0.536. The number of aromatic nitrogens is 5. The van der Waals surface area contributed by atoms with Crippen LogP contribution in [-0.2, 0) is 0 Å². The van der Waals surface area contributed by atoms with E-state index in [2.05, 4.69) is 161 Å². The minimum atomic E-state index is 0.536. The van der Waals surface area contributed by atoms with Crippen molar-refractivity contribution in [1.29, 1.82) is 0 Å². The molecule has 2 aromatic heterocycles. The summed E-state index contributed by atoms with van der Waals surface area (Å²) in [5.41, 5.74) is 14.8. The lowest BCUT2D eigenvalue weighted by molar-refractivity contribution is 0.477. The standard InChI is InChI=1S/C67H43N7OS/c1-5-21-44(22-6-1)54-43-55(69-64(68-54)45-23-7-2-8-24-45)50-37-48(39-52(41-50)74-58-31-15-19-35-62(58)76-63-36-20-16-32-59(63)74)49-38-51(42-53(40-49)73-56-29-13-17-33-60(56)75-61-34-18-14-30-57(61)73)67-71-65(46-25-9-3-10-26-46)70-66(72-67)47-27-11-4-12-28-47/h1-43H. The van der Waals surface area contributed by atoms with Crippen molar-refractivity contribution < 1.29 is 4.74 Å². The predicted molar refractivity (Wildman–Crippen MR) is 307 cm³/mol. The van der Waals surface area contributed by atoms with Gasteiger partial charge < -0.3 is 14.5 Å². The molecule has 0 radical (unpaired) electrons. The molecule has 8 nitrogen and oxygen atoms in total. The molecule has 0 unspecified atom stereocenters. The largest absolute Gasteiger partial charge is 0.453 e. The maximum Gasteiger partial charge on any atom is 0.164 e. The van der Waals surface area contributed by atoms with E-state index in [1.54, 1.807) is 11.8 Å². The number of anilines is 6. The van der Waals surface area contributed by atoms with E-state index < -0.39 is 0 Å². The summed E-state index contributed by atoms with van der Waals surface area (Å²) in [7, 11) is 0. The summed E-state index contributed by atoms with van der Waals surface area (Å²) >= 11 is 1.79. The van der Waals surface area contributed by atoms with Gasteiger partial charge in [0, 0.05) is 54.5 Å². The Morgan fingerprint density at radius 2 is 0.605 bits per heavy atom. The topological polar surface area (TPSA) is 80.2 Å². The van der Waals surface area contributed by atoms with Crippen molar-refractivity contribution in [3.63, 3.8) is 0 Å². The summed E-state index contributed by atoms with van der Waals surface area (Å²) in [6.07, 6.45) is 0. The van der Waals surface area contributed by atoms with E-state index in [4.69, 9.17) is 29.7 Å². The Balaban J connectivity index is 1.05. The number of rotatable bonds is 9. The Morgan fingerprint density at radius 3 is 1.11 bits per heavy atom. The first-order chi connectivity index (χ1) is 37.6. The van der Waals surface area contributed by atoms with E-state index in [1.807, 2.05) is 109 Å². The first-order valence-electron chi connectivity index (χ1n) is 25.1. The highest BCUT2D eigenvalue weighted by atomic mass is 32.2. The zero-order valence-electron chi connectivity index (χ0n) is 40.8. The first-order valence-corrected chi connectivity index (χ1v) is 26.0. The van der Waals surface area contributed by atoms with Gasteiger partial charge in [0.05, 0.1) is 34.1 Å². The maximum atomic E-state index is 6.58. The molecule has 0 bridgehead atoms. The molecule has 9 heteroatoms. The SMILES string of the molecule is c1ccc(-c2cc(-c3cc(-c4cc(-c5nc(-c6ccccc6)nc(-c6ccccc6)n5)cc(N5c6ccccc6Oc6ccccc65)c4)cc(N4c5ccccc5Sc5ccccc54)c3)nc(-c3ccccc3)n2)cc1. The van der Waals surface area contributed by atoms with Crippen LogP contribution in [0.5, 0.6) is 11.5 Å². The number of benzene rings is 10. The van der Waals surface area contributed by atoms with Gasteiger partial charge in [-0.2, -0.15) is 0 Å². The predicted octanol–water partition coefficient (Wildman–Crippen LogP) is 17.8. The third kappa shape index (κ3) is 8.40. The Labute approximate surface area is 444 Å². The van der Waals surface area contributed by atoms with Crippen LogP contribution in [0.15, 0.2) is 271 Å². The summed E-state index contributed by atoms with van der Waals surface area (Å²) in [5.74, 6) is 3.84. The zero-order chi connectivity index (χ0) is 50.4. The third-order valence-electron chi connectivity index (χ3n) is 13.6. The van der Waals surface area contributed by atoms with E-state index >= 15 is 0 Å². The van der Waals surface area contributed by atoms with Crippen molar-refractivity contribution in [2.24, 2.45) is 0 Å².